The van der Waals surface area contributed by atoms with E-state index in [1.807, 2.05) is 0 Å². The van der Waals surface area contributed by atoms with Gasteiger partial charge in [0, 0.05) is 11.6 Å². The molecule has 2 heterocycles. The van der Waals surface area contributed by atoms with Gasteiger partial charge in [0.25, 0.3) is 11.8 Å². The number of para-hydroxylation sites is 1. The van der Waals surface area contributed by atoms with Crippen LogP contribution in [0.25, 0.3) is 22.3 Å². The van der Waals surface area contributed by atoms with E-state index in [2.05, 4.69) is 27.4 Å². The van der Waals surface area contributed by atoms with Gasteiger partial charge in [0.15, 0.2) is 28.8 Å². The first-order valence-corrected chi connectivity index (χ1v) is 12.5. The lowest BCUT2D eigenvalue weighted by Gasteiger charge is -2.24. The molecule has 1 aliphatic carbocycles. The number of amides is 2. The summed E-state index contributed by atoms with van der Waals surface area (Å²) >= 11 is 0. The Balaban J connectivity index is 1.38. The molecule has 0 bridgehead atoms. The van der Waals surface area contributed by atoms with Crippen molar-refractivity contribution in [2.45, 2.75) is 31.7 Å². The van der Waals surface area contributed by atoms with Crippen molar-refractivity contribution < 1.29 is 23.1 Å². The lowest BCUT2D eigenvalue weighted by molar-refractivity contribution is -0.123. The minimum atomic E-state index is -0.700. The molecule has 2 amide bonds. The molecule has 0 unspecified atom stereocenters. The average molecular weight is 546 g/mol. The standard InChI is InChI=1S/C28H25F2N7O3/c1-2-23(38)34-35-24(39)13-16-7-10-18(11-8-16)37-28-25(27(31)32-15-33-28)26(36-37)17-9-12-22(20(30)14-17)40-21-6-4-3-5-19(21)29/h2-6,9,12-15,18H,1,7-8,10-11H2,(H,34,38)(H,35,39)(H2,31,32,33). The minimum absolute atomic E-state index is 0.0558. The van der Waals surface area contributed by atoms with E-state index < -0.39 is 23.4 Å². The number of carbonyl (C=O) groups excluding carboxylic acids is 2. The SMILES string of the molecule is C=CC(=O)NNC(=O)C=C1CCC(n2nc(-c3ccc(Oc4ccccc4F)c(F)c3)c3c(N)ncnc32)CC1. The second kappa shape index (κ2) is 11.3. The molecule has 1 aliphatic rings. The maximum atomic E-state index is 15.1. The minimum Gasteiger partial charge on any atom is -0.451 e. The number of carbonyl (C=O) groups is 2. The van der Waals surface area contributed by atoms with E-state index >= 15 is 4.39 Å². The third kappa shape index (κ3) is 5.51. The Morgan fingerprint density at radius 2 is 1.75 bits per heavy atom. The van der Waals surface area contributed by atoms with Gasteiger partial charge in [-0.1, -0.05) is 24.3 Å². The van der Waals surface area contributed by atoms with Crippen molar-refractivity contribution in [1.29, 1.82) is 0 Å². The van der Waals surface area contributed by atoms with Gasteiger partial charge in [0.2, 0.25) is 0 Å². The van der Waals surface area contributed by atoms with Crippen LogP contribution in [0.3, 0.4) is 0 Å². The second-order valence-corrected chi connectivity index (χ2v) is 9.14. The third-order valence-corrected chi connectivity index (χ3v) is 6.55. The fourth-order valence-electron chi connectivity index (χ4n) is 4.59. The predicted molar refractivity (Wildman–Crippen MR) is 144 cm³/mol. The van der Waals surface area contributed by atoms with Crippen LogP contribution < -0.4 is 21.3 Å². The van der Waals surface area contributed by atoms with E-state index in [9.17, 15) is 14.0 Å². The largest absolute Gasteiger partial charge is 0.451 e. The Kier molecular flexibility index (Phi) is 7.49. The van der Waals surface area contributed by atoms with E-state index in [0.29, 0.717) is 48.0 Å². The molecule has 4 N–H and O–H groups in total. The maximum Gasteiger partial charge on any atom is 0.262 e. The van der Waals surface area contributed by atoms with E-state index in [0.717, 1.165) is 11.6 Å². The van der Waals surface area contributed by atoms with Gasteiger partial charge in [-0.3, -0.25) is 20.4 Å². The Labute approximate surface area is 227 Å². The van der Waals surface area contributed by atoms with Crippen LogP contribution in [0.2, 0.25) is 0 Å². The second-order valence-electron chi connectivity index (χ2n) is 9.14. The number of hydrogen-bond acceptors (Lipinski definition) is 7. The third-order valence-electron chi connectivity index (χ3n) is 6.55. The summed E-state index contributed by atoms with van der Waals surface area (Å²) in [5.41, 5.74) is 13.0. The quantitative estimate of drug-likeness (QED) is 0.239. The van der Waals surface area contributed by atoms with Crippen LogP contribution in [0.1, 0.15) is 31.7 Å². The molecular formula is C28H25F2N7O3. The molecule has 2 aromatic heterocycles. The summed E-state index contributed by atoms with van der Waals surface area (Å²) < 4.78 is 36.3. The van der Waals surface area contributed by atoms with E-state index in [-0.39, 0.29) is 23.4 Å². The number of aromatic nitrogens is 4. The molecule has 1 saturated carbocycles. The molecule has 204 valence electrons. The molecule has 0 aliphatic heterocycles. The summed E-state index contributed by atoms with van der Waals surface area (Å²) in [5.74, 6) is -2.27. The molecule has 1 fully saturated rings. The van der Waals surface area contributed by atoms with Crippen LogP contribution in [0, 0.1) is 11.6 Å². The predicted octanol–water partition coefficient (Wildman–Crippen LogP) is 4.52. The van der Waals surface area contributed by atoms with Crippen molar-refractivity contribution in [3.8, 4) is 22.8 Å². The number of halogens is 2. The number of rotatable bonds is 6. The Hall–Kier alpha value is -5.13. The molecule has 10 nitrogen and oxygen atoms in total. The van der Waals surface area contributed by atoms with Crippen LogP contribution in [0.15, 0.2) is 73.1 Å². The maximum absolute atomic E-state index is 15.1. The van der Waals surface area contributed by atoms with Gasteiger partial charge >= 0.3 is 0 Å². The molecule has 2 aromatic carbocycles. The van der Waals surface area contributed by atoms with Crippen LogP contribution in [0.5, 0.6) is 11.5 Å². The zero-order chi connectivity index (χ0) is 28.2. The fourth-order valence-corrected chi connectivity index (χ4v) is 4.59. The smallest absolute Gasteiger partial charge is 0.262 e. The highest BCUT2D eigenvalue weighted by Crippen LogP contribution is 2.38. The molecule has 0 radical (unpaired) electrons. The molecule has 12 heteroatoms. The number of nitrogens with two attached hydrogens (primary N) is 1. The summed E-state index contributed by atoms with van der Waals surface area (Å²) in [5, 5.41) is 5.26. The van der Waals surface area contributed by atoms with Crippen LogP contribution in [-0.2, 0) is 9.59 Å². The zero-order valence-electron chi connectivity index (χ0n) is 21.2. The van der Waals surface area contributed by atoms with Gasteiger partial charge in [-0.05, 0) is 62.1 Å². The first-order valence-electron chi connectivity index (χ1n) is 12.5. The molecule has 0 spiro atoms. The molecule has 5 rings (SSSR count). The number of benzene rings is 2. The average Bonchev–Trinajstić information content (AvgIpc) is 3.35. The van der Waals surface area contributed by atoms with Gasteiger partial charge in [0.1, 0.15) is 17.8 Å². The fraction of sp³-hybridized carbons (Fsp3) is 0.179. The Morgan fingerprint density at radius 1 is 1.02 bits per heavy atom. The molecule has 40 heavy (non-hydrogen) atoms. The first kappa shape index (κ1) is 26.5. The number of nitrogen functional groups attached to an aromatic ring is 1. The number of allylic oxidation sites excluding steroid dienone is 1. The van der Waals surface area contributed by atoms with Gasteiger partial charge < -0.3 is 10.5 Å². The first-order chi connectivity index (χ1) is 19.3. The van der Waals surface area contributed by atoms with Crippen molar-refractivity contribution >= 4 is 28.7 Å². The van der Waals surface area contributed by atoms with Crippen LogP contribution in [0.4, 0.5) is 14.6 Å². The zero-order valence-corrected chi connectivity index (χ0v) is 21.2. The van der Waals surface area contributed by atoms with E-state index in [1.165, 1.54) is 42.7 Å². The Bertz CT molecular complexity index is 1640. The lowest BCUT2D eigenvalue weighted by Crippen LogP contribution is -2.40. The summed E-state index contributed by atoms with van der Waals surface area (Å²) in [6.45, 7) is 3.33. The number of hydrazine groups is 1. The van der Waals surface area contributed by atoms with Gasteiger partial charge in [-0.25, -0.2) is 23.4 Å². The highest BCUT2D eigenvalue weighted by molar-refractivity contribution is 5.98. The van der Waals surface area contributed by atoms with Crippen molar-refractivity contribution in [1.82, 2.24) is 30.6 Å². The normalized spacial score (nSPS) is 14.9. The highest BCUT2D eigenvalue weighted by Gasteiger charge is 2.26. The molecule has 4 aromatic rings. The lowest BCUT2D eigenvalue weighted by atomic mass is 9.90. The monoisotopic (exact) mass is 545 g/mol. The van der Waals surface area contributed by atoms with E-state index in [4.69, 9.17) is 15.6 Å². The van der Waals surface area contributed by atoms with Crippen LogP contribution in [-0.4, -0.2) is 31.6 Å². The topological polar surface area (TPSA) is 137 Å². The van der Waals surface area contributed by atoms with Crippen molar-refractivity contribution in [3.05, 3.63) is 84.7 Å². The number of nitrogens with one attached hydrogen (secondary N) is 2. The van der Waals surface area contributed by atoms with Crippen LogP contribution >= 0.6 is 0 Å². The number of fused-ring (bicyclic) bond motifs is 1. The van der Waals surface area contributed by atoms with Gasteiger partial charge in [0.05, 0.1) is 11.4 Å². The number of anilines is 1. The van der Waals surface area contributed by atoms with Gasteiger partial charge in [-0.15, -0.1) is 0 Å². The summed E-state index contributed by atoms with van der Waals surface area (Å²) in [7, 11) is 0. The number of hydrogen-bond donors (Lipinski definition) is 3. The Morgan fingerprint density at radius 3 is 2.48 bits per heavy atom. The molecule has 0 saturated heterocycles. The number of nitrogens with zero attached hydrogens (tertiary/aromatic N) is 4. The number of ether oxygens (including phenoxy) is 1. The van der Waals surface area contributed by atoms with Crippen molar-refractivity contribution in [2.24, 2.45) is 0 Å². The highest BCUT2D eigenvalue weighted by atomic mass is 19.1. The summed E-state index contributed by atoms with van der Waals surface area (Å²) in [6.07, 6.45) is 6.47. The molecule has 0 atom stereocenters. The molecular weight excluding hydrogens is 520 g/mol. The summed E-state index contributed by atoms with van der Waals surface area (Å²) in [6, 6.07) is 9.96. The van der Waals surface area contributed by atoms with Gasteiger partial charge in [-0.2, -0.15) is 5.10 Å². The van der Waals surface area contributed by atoms with Crippen molar-refractivity contribution in [2.75, 3.05) is 5.73 Å². The summed E-state index contributed by atoms with van der Waals surface area (Å²) in [4.78, 5) is 31.8. The van der Waals surface area contributed by atoms with Crippen molar-refractivity contribution in [3.63, 3.8) is 0 Å². The van der Waals surface area contributed by atoms with E-state index in [1.54, 1.807) is 16.8 Å².